The largest absolute Gasteiger partial charge is 0.480 e. The number of aliphatic carboxylic acids is 1. The number of guanidine groups is 1. The Morgan fingerprint density at radius 2 is 1.27 bits per heavy atom. The van der Waals surface area contributed by atoms with Gasteiger partial charge in [0, 0.05) is 6.54 Å². The molecule has 0 rings (SSSR count). The highest BCUT2D eigenvalue weighted by molar-refractivity contribution is 5.94. The lowest BCUT2D eigenvalue weighted by molar-refractivity contribution is -0.143. The summed E-state index contributed by atoms with van der Waals surface area (Å²) in [5, 5.41) is 22.2. The fourth-order valence-electron chi connectivity index (χ4n) is 2.27. The SMILES string of the molecule is CC(C)(C)OC(=O)NC(=N)NCCC[C@@H](C(=O)O)N(C(=O)OC(C)(C)C)C(=O)OC(C)(C)C. The van der Waals surface area contributed by atoms with Crippen LogP contribution >= 0.6 is 0 Å². The summed E-state index contributed by atoms with van der Waals surface area (Å²) < 4.78 is 15.4. The van der Waals surface area contributed by atoms with E-state index in [-0.39, 0.29) is 25.3 Å². The molecule has 12 nitrogen and oxygen atoms in total. The van der Waals surface area contributed by atoms with Crippen molar-refractivity contribution in [1.29, 1.82) is 5.41 Å². The van der Waals surface area contributed by atoms with Gasteiger partial charge in [0.2, 0.25) is 0 Å². The molecule has 4 N–H and O–H groups in total. The van der Waals surface area contributed by atoms with E-state index in [0.29, 0.717) is 4.90 Å². The summed E-state index contributed by atoms with van der Waals surface area (Å²) in [5.41, 5.74) is -2.67. The molecule has 0 aromatic rings. The normalized spacial score (nSPS) is 12.8. The number of nitrogens with zero attached hydrogens (tertiary/aromatic N) is 1. The van der Waals surface area contributed by atoms with Gasteiger partial charge in [0.05, 0.1) is 0 Å². The molecule has 33 heavy (non-hydrogen) atoms. The number of amides is 3. The van der Waals surface area contributed by atoms with Gasteiger partial charge in [-0.15, -0.1) is 0 Å². The number of carbonyl (C=O) groups excluding carboxylic acids is 3. The van der Waals surface area contributed by atoms with Crippen molar-refractivity contribution in [3.8, 4) is 0 Å². The maximum Gasteiger partial charge on any atom is 0.420 e. The Hall–Kier alpha value is -3.05. The van der Waals surface area contributed by atoms with Crippen LogP contribution in [-0.2, 0) is 19.0 Å². The van der Waals surface area contributed by atoms with Crippen LogP contribution in [-0.4, -0.2) is 69.6 Å². The van der Waals surface area contributed by atoms with Crippen LogP contribution in [0.1, 0.15) is 75.2 Å². The van der Waals surface area contributed by atoms with Crippen LogP contribution in [0, 0.1) is 5.41 Å². The quantitative estimate of drug-likeness (QED) is 0.195. The Balaban J connectivity index is 5.20. The molecule has 0 unspecified atom stereocenters. The zero-order valence-corrected chi connectivity index (χ0v) is 21.0. The Morgan fingerprint density at radius 3 is 1.64 bits per heavy atom. The molecule has 0 aliphatic carbocycles. The molecule has 0 radical (unpaired) electrons. The molecule has 0 aromatic heterocycles. The van der Waals surface area contributed by atoms with Crippen LogP contribution in [0.2, 0.25) is 0 Å². The van der Waals surface area contributed by atoms with E-state index in [4.69, 9.17) is 19.6 Å². The zero-order chi connectivity index (χ0) is 26.2. The molecule has 3 amide bonds. The number of nitrogens with one attached hydrogen (secondary N) is 3. The number of carboxylic acid groups (broad SMARTS) is 1. The van der Waals surface area contributed by atoms with Crippen molar-refractivity contribution < 1.29 is 38.5 Å². The summed E-state index contributed by atoms with van der Waals surface area (Å²) in [5.74, 6) is -1.76. The summed E-state index contributed by atoms with van der Waals surface area (Å²) in [4.78, 5) is 49.3. The molecule has 12 heteroatoms. The lowest BCUT2D eigenvalue weighted by Crippen LogP contribution is -2.52. The second kappa shape index (κ2) is 11.7. The Labute approximate surface area is 194 Å². The van der Waals surface area contributed by atoms with Crippen molar-refractivity contribution in [2.45, 2.75) is 98.0 Å². The van der Waals surface area contributed by atoms with Gasteiger partial charge in [-0.25, -0.2) is 19.2 Å². The molecule has 0 aliphatic heterocycles. The minimum Gasteiger partial charge on any atom is -0.480 e. The van der Waals surface area contributed by atoms with Crippen molar-refractivity contribution in [2.75, 3.05) is 6.54 Å². The number of rotatable bonds is 6. The predicted molar refractivity (Wildman–Crippen MR) is 120 cm³/mol. The minimum absolute atomic E-state index is 0.0783. The van der Waals surface area contributed by atoms with Gasteiger partial charge in [0.25, 0.3) is 0 Å². The van der Waals surface area contributed by atoms with Crippen molar-refractivity contribution >= 4 is 30.2 Å². The third-order valence-corrected chi connectivity index (χ3v) is 3.36. The number of alkyl carbamates (subject to hydrolysis) is 1. The van der Waals surface area contributed by atoms with Crippen LogP contribution in [0.4, 0.5) is 14.4 Å². The van der Waals surface area contributed by atoms with Gasteiger partial charge < -0.3 is 24.6 Å². The molecule has 0 fully saturated rings. The number of carboxylic acids is 1. The summed E-state index contributed by atoms with van der Waals surface area (Å²) in [6, 6.07) is -1.57. The molecule has 0 saturated heterocycles. The topological polar surface area (TPSA) is 167 Å². The highest BCUT2D eigenvalue weighted by Gasteiger charge is 2.40. The molecular formula is C21H38N4O8. The number of hydrogen-bond donors (Lipinski definition) is 4. The van der Waals surface area contributed by atoms with Crippen molar-refractivity contribution in [3.63, 3.8) is 0 Å². The molecule has 0 heterocycles. The summed E-state index contributed by atoms with van der Waals surface area (Å²) >= 11 is 0. The van der Waals surface area contributed by atoms with E-state index in [1.165, 1.54) is 0 Å². The first kappa shape index (κ1) is 29.9. The number of imide groups is 1. The highest BCUT2D eigenvalue weighted by atomic mass is 16.6. The third kappa shape index (κ3) is 13.9. The average Bonchev–Trinajstić information content (AvgIpc) is 2.51. The van der Waals surface area contributed by atoms with E-state index < -0.39 is 47.1 Å². The van der Waals surface area contributed by atoms with Crippen molar-refractivity contribution in [1.82, 2.24) is 15.5 Å². The van der Waals surface area contributed by atoms with Gasteiger partial charge in [-0.05, 0) is 75.2 Å². The van der Waals surface area contributed by atoms with Crippen LogP contribution in [0.5, 0.6) is 0 Å². The maximum atomic E-state index is 12.6. The fourth-order valence-corrected chi connectivity index (χ4v) is 2.27. The molecule has 1 atom stereocenters. The smallest absolute Gasteiger partial charge is 0.420 e. The van der Waals surface area contributed by atoms with Gasteiger partial charge >= 0.3 is 24.2 Å². The van der Waals surface area contributed by atoms with Crippen LogP contribution in [0.25, 0.3) is 0 Å². The summed E-state index contributed by atoms with van der Waals surface area (Å²) in [6.45, 7) is 14.6. The van der Waals surface area contributed by atoms with Crippen molar-refractivity contribution in [2.24, 2.45) is 0 Å². The van der Waals surface area contributed by atoms with Gasteiger partial charge in [-0.1, -0.05) is 0 Å². The molecule has 0 aliphatic rings. The first-order valence-electron chi connectivity index (χ1n) is 10.5. The monoisotopic (exact) mass is 474 g/mol. The van der Waals surface area contributed by atoms with Crippen LogP contribution in [0.3, 0.4) is 0 Å². The first-order valence-corrected chi connectivity index (χ1v) is 10.5. The standard InChI is InChI=1S/C21H38N4O8/c1-19(2,3)31-16(28)24-15(22)23-12-10-11-13(14(26)27)25(17(29)32-20(4,5)6)18(30)33-21(7,8)9/h13H,10-12H2,1-9H3,(H,26,27)(H3,22,23,24,28)/t13-/m0/s1. The molecular weight excluding hydrogens is 436 g/mol. The number of hydrogen-bond acceptors (Lipinski definition) is 8. The average molecular weight is 475 g/mol. The molecule has 0 saturated carbocycles. The first-order chi connectivity index (χ1) is 14.7. The Morgan fingerprint density at radius 1 is 0.848 bits per heavy atom. The van der Waals surface area contributed by atoms with Gasteiger partial charge in [-0.3, -0.25) is 10.7 Å². The lowest BCUT2D eigenvalue weighted by Gasteiger charge is -2.31. The van der Waals surface area contributed by atoms with E-state index in [1.54, 1.807) is 62.3 Å². The fraction of sp³-hybridized carbons (Fsp3) is 0.762. The second-order valence-corrected chi connectivity index (χ2v) is 10.3. The Kier molecular flexibility index (Phi) is 10.6. The van der Waals surface area contributed by atoms with E-state index in [2.05, 4.69) is 10.6 Å². The summed E-state index contributed by atoms with van der Waals surface area (Å²) in [7, 11) is 0. The lowest BCUT2D eigenvalue weighted by atomic mass is 10.1. The van der Waals surface area contributed by atoms with E-state index in [9.17, 15) is 24.3 Å². The molecule has 0 aromatic carbocycles. The molecule has 190 valence electrons. The number of ether oxygens (including phenoxy) is 3. The third-order valence-electron chi connectivity index (χ3n) is 3.36. The zero-order valence-electron chi connectivity index (χ0n) is 21.0. The van der Waals surface area contributed by atoms with Gasteiger partial charge in [-0.2, -0.15) is 4.90 Å². The highest BCUT2D eigenvalue weighted by Crippen LogP contribution is 2.19. The Bertz CT molecular complexity index is 704. The van der Waals surface area contributed by atoms with E-state index >= 15 is 0 Å². The second-order valence-electron chi connectivity index (χ2n) is 10.3. The predicted octanol–water partition coefficient (Wildman–Crippen LogP) is 3.44. The maximum absolute atomic E-state index is 12.6. The van der Waals surface area contributed by atoms with Crippen LogP contribution in [0.15, 0.2) is 0 Å². The number of carbonyl (C=O) groups is 4. The van der Waals surface area contributed by atoms with E-state index in [1.807, 2.05) is 0 Å². The minimum atomic E-state index is -1.57. The van der Waals surface area contributed by atoms with Gasteiger partial charge in [0.1, 0.15) is 22.8 Å². The van der Waals surface area contributed by atoms with E-state index in [0.717, 1.165) is 0 Å². The molecule has 0 spiro atoms. The summed E-state index contributed by atoms with van der Waals surface area (Å²) in [6.07, 6.45) is -3.12. The van der Waals surface area contributed by atoms with Gasteiger partial charge in [0.15, 0.2) is 5.96 Å². The molecule has 0 bridgehead atoms. The van der Waals surface area contributed by atoms with Crippen molar-refractivity contribution in [3.05, 3.63) is 0 Å². The van der Waals surface area contributed by atoms with Crippen LogP contribution < -0.4 is 10.6 Å².